The van der Waals surface area contributed by atoms with E-state index in [-0.39, 0.29) is 0 Å². The molecule has 29 heavy (non-hydrogen) atoms. The van der Waals surface area contributed by atoms with Crippen LogP contribution in [0.2, 0.25) is 0 Å². The molecule has 0 bridgehead atoms. The summed E-state index contributed by atoms with van der Waals surface area (Å²) >= 11 is 1.21. The van der Waals surface area contributed by atoms with Crippen molar-refractivity contribution in [3.63, 3.8) is 0 Å². The van der Waals surface area contributed by atoms with Crippen molar-refractivity contribution >= 4 is 27.9 Å². The molecule has 6 heteroatoms. The first-order valence-electron chi connectivity index (χ1n) is 10.7. The van der Waals surface area contributed by atoms with Crippen LogP contribution in [0.5, 0.6) is 0 Å². The molecule has 0 N–H and O–H groups in total. The standard InChI is InChI=1S/C23H34N5S/c1-7-9-10-18(5)28(15-8-2,17(3)4)21-13-11-20(12-14-21)25-26-23-22(16-24)19(6)27-29-23/h11-14,17-18H,7-10,15H2,1-6H3/q+1. The minimum Gasteiger partial charge on any atom is -0.287 e. The van der Waals surface area contributed by atoms with Crippen molar-refractivity contribution < 1.29 is 0 Å². The number of azo groups is 1. The Labute approximate surface area is 179 Å². The number of aryl methyl sites for hydroxylation is 1. The van der Waals surface area contributed by atoms with Gasteiger partial charge < -0.3 is 0 Å². The summed E-state index contributed by atoms with van der Waals surface area (Å²) in [5.41, 5.74) is 3.36. The zero-order valence-corrected chi connectivity index (χ0v) is 19.5. The van der Waals surface area contributed by atoms with Crippen LogP contribution < -0.4 is 4.48 Å². The lowest BCUT2D eigenvalue weighted by atomic mass is 10.0. The Balaban J connectivity index is 2.33. The van der Waals surface area contributed by atoms with Gasteiger partial charge in [-0.1, -0.05) is 20.3 Å². The molecule has 2 unspecified atom stereocenters. The van der Waals surface area contributed by atoms with Crippen LogP contribution in [0.3, 0.4) is 0 Å². The van der Waals surface area contributed by atoms with E-state index in [4.69, 9.17) is 0 Å². The highest BCUT2D eigenvalue weighted by Gasteiger charge is 2.38. The van der Waals surface area contributed by atoms with Gasteiger partial charge in [0.25, 0.3) is 0 Å². The summed E-state index contributed by atoms with van der Waals surface area (Å²) in [6, 6.07) is 11.7. The molecule has 0 saturated carbocycles. The molecule has 0 saturated heterocycles. The third-order valence-electron chi connectivity index (χ3n) is 5.82. The second-order valence-corrected chi connectivity index (χ2v) is 8.77. The zero-order chi connectivity index (χ0) is 21.4. The normalized spacial score (nSPS) is 14.8. The number of rotatable bonds is 10. The van der Waals surface area contributed by atoms with Crippen LogP contribution in [0.25, 0.3) is 0 Å². The average molecular weight is 413 g/mol. The van der Waals surface area contributed by atoms with Gasteiger partial charge in [0.05, 0.1) is 30.0 Å². The highest BCUT2D eigenvalue weighted by atomic mass is 32.1. The molecule has 0 aliphatic rings. The van der Waals surface area contributed by atoms with E-state index in [1.807, 2.05) is 19.1 Å². The first-order chi connectivity index (χ1) is 13.9. The third kappa shape index (κ3) is 5.09. The van der Waals surface area contributed by atoms with Crippen molar-refractivity contribution in [3.8, 4) is 6.07 Å². The fraction of sp³-hybridized carbons (Fsp3) is 0.565. The summed E-state index contributed by atoms with van der Waals surface area (Å²) in [6.07, 6.45) is 4.88. The van der Waals surface area contributed by atoms with Crippen LogP contribution >= 0.6 is 11.5 Å². The highest BCUT2D eigenvalue weighted by Crippen LogP contribution is 2.35. The van der Waals surface area contributed by atoms with E-state index in [1.54, 1.807) is 0 Å². The predicted octanol–water partition coefficient (Wildman–Crippen LogP) is 7.44. The number of nitrogens with zero attached hydrogens (tertiary/aromatic N) is 5. The summed E-state index contributed by atoms with van der Waals surface area (Å²) in [6.45, 7) is 14.6. The number of benzene rings is 1. The summed E-state index contributed by atoms with van der Waals surface area (Å²) in [5, 5.41) is 18.4. The first kappa shape index (κ1) is 23.2. The van der Waals surface area contributed by atoms with E-state index >= 15 is 0 Å². The van der Waals surface area contributed by atoms with Gasteiger partial charge in [0.1, 0.15) is 17.3 Å². The minimum atomic E-state index is 0.507. The maximum absolute atomic E-state index is 9.24. The van der Waals surface area contributed by atoms with Crippen LogP contribution in [-0.4, -0.2) is 23.0 Å². The SMILES string of the molecule is CCCCC(C)[N+](CCC)(c1ccc(N=Nc2snc(C)c2C#N)cc1)C(C)C. The lowest BCUT2D eigenvalue weighted by Gasteiger charge is -2.47. The van der Waals surface area contributed by atoms with E-state index in [2.05, 4.69) is 67.4 Å². The average Bonchev–Trinajstić information content (AvgIpc) is 3.08. The van der Waals surface area contributed by atoms with Gasteiger partial charge in [-0.15, -0.1) is 10.2 Å². The van der Waals surface area contributed by atoms with Crippen molar-refractivity contribution in [2.24, 2.45) is 10.2 Å². The van der Waals surface area contributed by atoms with Gasteiger partial charge >= 0.3 is 0 Å². The second kappa shape index (κ2) is 10.6. The maximum Gasteiger partial charge on any atom is 0.176 e. The van der Waals surface area contributed by atoms with Crippen LogP contribution in [-0.2, 0) is 0 Å². The number of aromatic nitrogens is 1. The van der Waals surface area contributed by atoms with Crippen molar-refractivity contribution in [2.75, 3.05) is 6.54 Å². The van der Waals surface area contributed by atoms with Crippen LogP contribution in [0.15, 0.2) is 34.5 Å². The Hall–Kier alpha value is -2.10. The molecule has 0 aliphatic heterocycles. The van der Waals surface area contributed by atoms with Gasteiger partial charge in [0.2, 0.25) is 0 Å². The Morgan fingerprint density at radius 2 is 1.79 bits per heavy atom. The summed E-state index contributed by atoms with van der Waals surface area (Å²) in [5.74, 6) is 0. The first-order valence-corrected chi connectivity index (χ1v) is 11.4. The second-order valence-electron chi connectivity index (χ2n) is 8.02. The van der Waals surface area contributed by atoms with Crippen molar-refractivity contribution in [1.82, 2.24) is 8.86 Å². The molecule has 0 amide bonds. The third-order valence-corrected chi connectivity index (χ3v) is 6.64. The Morgan fingerprint density at radius 1 is 1.10 bits per heavy atom. The molecule has 1 aromatic carbocycles. The van der Waals surface area contributed by atoms with Crippen molar-refractivity contribution in [2.45, 2.75) is 79.3 Å². The van der Waals surface area contributed by atoms with Crippen molar-refractivity contribution in [3.05, 3.63) is 35.5 Å². The smallest absolute Gasteiger partial charge is 0.176 e. The van der Waals surface area contributed by atoms with Crippen LogP contribution in [0, 0.1) is 18.3 Å². The van der Waals surface area contributed by atoms with Gasteiger partial charge in [0.15, 0.2) is 5.00 Å². The van der Waals surface area contributed by atoms with Gasteiger partial charge in [-0.05, 0) is 70.6 Å². The Bertz CT molecular complexity index is 847. The van der Waals surface area contributed by atoms with E-state index in [9.17, 15) is 5.26 Å². The summed E-state index contributed by atoms with van der Waals surface area (Å²) in [7, 11) is 0. The molecular weight excluding hydrogens is 378 g/mol. The number of hydrogen-bond donors (Lipinski definition) is 0. The van der Waals surface area contributed by atoms with Gasteiger partial charge in [-0.25, -0.2) is 0 Å². The number of unbranched alkanes of at least 4 members (excludes halogenated alkanes) is 1. The number of hydrogen-bond acceptors (Lipinski definition) is 5. The zero-order valence-electron chi connectivity index (χ0n) is 18.6. The fourth-order valence-electron chi connectivity index (χ4n) is 4.22. The number of quaternary nitrogens is 1. The quantitative estimate of drug-likeness (QED) is 0.300. The van der Waals surface area contributed by atoms with E-state index in [0.29, 0.717) is 28.3 Å². The predicted molar refractivity (Wildman–Crippen MR) is 123 cm³/mol. The molecule has 156 valence electrons. The van der Waals surface area contributed by atoms with E-state index < -0.39 is 0 Å². The van der Waals surface area contributed by atoms with Gasteiger partial charge in [0, 0.05) is 12.1 Å². The van der Waals surface area contributed by atoms with Gasteiger partial charge in [-0.3, -0.25) is 4.48 Å². The van der Waals surface area contributed by atoms with Crippen LogP contribution in [0.4, 0.5) is 16.4 Å². The molecule has 0 fully saturated rings. The van der Waals surface area contributed by atoms with E-state index in [1.165, 1.54) is 36.5 Å². The molecule has 2 aromatic rings. The van der Waals surface area contributed by atoms with Gasteiger partial charge in [-0.2, -0.15) is 9.64 Å². The fourth-order valence-corrected chi connectivity index (χ4v) is 4.90. The molecule has 2 rings (SSSR count). The van der Waals surface area contributed by atoms with E-state index in [0.717, 1.165) is 23.1 Å². The van der Waals surface area contributed by atoms with Crippen LogP contribution in [0.1, 0.15) is 71.6 Å². The van der Waals surface area contributed by atoms with Crippen molar-refractivity contribution in [1.29, 1.82) is 5.26 Å². The molecular formula is C23H34N5S+. The summed E-state index contributed by atoms with van der Waals surface area (Å²) in [4.78, 5) is 0. The maximum atomic E-state index is 9.24. The minimum absolute atomic E-state index is 0.507. The molecule has 1 aromatic heterocycles. The largest absolute Gasteiger partial charge is 0.287 e. The topological polar surface area (TPSA) is 61.4 Å². The molecule has 2 atom stereocenters. The number of nitriles is 1. The molecule has 0 aliphatic carbocycles. The molecule has 0 radical (unpaired) electrons. The lowest BCUT2D eigenvalue weighted by Crippen LogP contribution is -2.60. The highest BCUT2D eigenvalue weighted by molar-refractivity contribution is 7.10. The molecule has 1 heterocycles. The Kier molecular flexibility index (Phi) is 8.48. The molecule has 0 spiro atoms. The summed E-state index contributed by atoms with van der Waals surface area (Å²) < 4.78 is 5.19. The Morgan fingerprint density at radius 3 is 2.34 bits per heavy atom. The molecule has 5 nitrogen and oxygen atoms in total. The lowest BCUT2D eigenvalue weighted by molar-refractivity contribution is 0.157. The monoisotopic (exact) mass is 412 g/mol.